The van der Waals surface area contributed by atoms with E-state index in [0.29, 0.717) is 19.2 Å². The molecule has 1 aromatic heterocycles. The van der Waals surface area contributed by atoms with Crippen LogP contribution in [-0.4, -0.2) is 28.0 Å². The van der Waals surface area contributed by atoms with Crippen LogP contribution in [-0.2, 0) is 0 Å². The van der Waals surface area contributed by atoms with E-state index in [1.54, 1.807) is 0 Å². The number of ether oxygens (including phenoxy) is 2. The molecule has 2 aromatic carbocycles. The first kappa shape index (κ1) is 18.2. The average Bonchev–Trinajstić information content (AvgIpc) is 3.09. The maximum absolute atomic E-state index is 5.88. The van der Waals surface area contributed by atoms with E-state index in [2.05, 4.69) is 39.7 Å². The molecule has 0 unspecified atom stereocenters. The number of benzene rings is 2. The molecule has 1 aliphatic rings. The van der Waals surface area contributed by atoms with Crippen molar-refractivity contribution in [3.8, 4) is 11.5 Å². The van der Waals surface area contributed by atoms with Gasteiger partial charge in [-0.15, -0.1) is 5.10 Å². The highest BCUT2D eigenvalue weighted by Gasteiger charge is 2.30. The maximum Gasteiger partial charge on any atom is 0.241 e. The van der Waals surface area contributed by atoms with E-state index in [9.17, 15) is 0 Å². The predicted molar refractivity (Wildman–Crippen MR) is 109 cm³/mol. The summed E-state index contributed by atoms with van der Waals surface area (Å²) in [5, 5.41) is 7.86. The minimum Gasteiger partial charge on any atom is -0.494 e. The molecule has 0 aliphatic carbocycles. The number of hydrogen-bond donors (Lipinski definition) is 2. The third-order valence-electron chi connectivity index (χ3n) is 4.87. The van der Waals surface area contributed by atoms with Crippen LogP contribution in [0, 0.1) is 0 Å². The number of nitrogens with zero attached hydrogens (tertiary/aromatic N) is 3. The van der Waals surface area contributed by atoms with Crippen molar-refractivity contribution < 1.29 is 9.47 Å². The minimum absolute atomic E-state index is 0.0355. The molecule has 146 valence electrons. The zero-order valence-electron chi connectivity index (χ0n) is 16.1. The second kappa shape index (κ2) is 7.80. The number of fused-ring (bicyclic) bond motifs is 1. The molecule has 0 saturated heterocycles. The van der Waals surface area contributed by atoms with Gasteiger partial charge in [0.05, 0.1) is 25.3 Å². The molecule has 3 aromatic rings. The van der Waals surface area contributed by atoms with Crippen molar-refractivity contribution in [3.05, 3.63) is 59.7 Å². The molecule has 7 heteroatoms. The molecule has 0 amide bonds. The van der Waals surface area contributed by atoms with Crippen LogP contribution in [0.2, 0.25) is 0 Å². The van der Waals surface area contributed by atoms with Crippen LogP contribution in [0.25, 0.3) is 0 Å². The Labute approximate surface area is 164 Å². The van der Waals surface area contributed by atoms with E-state index in [4.69, 9.17) is 15.2 Å². The summed E-state index contributed by atoms with van der Waals surface area (Å²) in [7, 11) is 0. The van der Waals surface area contributed by atoms with Crippen LogP contribution in [0.1, 0.15) is 43.5 Å². The highest BCUT2D eigenvalue weighted by molar-refractivity contribution is 5.43. The Balaban J connectivity index is 1.64. The van der Waals surface area contributed by atoms with Crippen LogP contribution < -0.4 is 20.5 Å². The van der Waals surface area contributed by atoms with E-state index in [0.717, 1.165) is 23.5 Å². The van der Waals surface area contributed by atoms with Gasteiger partial charge in [-0.05, 0) is 55.7 Å². The molecule has 0 radical (unpaired) electrons. The molecule has 2 atom stereocenters. The zero-order chi connectivity index (χ0) is 19.5. The Morgan fingerprint density at radius 1 is 0.964 bits per heavy atom. The first-order chi connectivity index (χ1) is 13.7. The lowest BCUT2D eigenvalue weighted by atomic mass is 9.93. The Hall–Kier alpha value is -3.22. The van der Waals surface area contributed by atoms with Gasteiger partial charge in [0.15, 0.2) is 0 Å². The van der Waals surface area contributed by atoms with Crippen LogP contribution in [0.5, 0.6) is 11.5 Å². The lowest BCUT2D eigenvalue weighted by Gasteiger charge is -2.31. The lowest BCUT2D eigenvalue weighted by molar-refractivity contribution is 0.339. The quantitative estimate of drug-likeness (QED) is 0.677. The second-order valence-corrected chi connectivity index (χ2v) is 6.69. The fourth-order valence-electron chi connectivity index (χ4n) is 3.61. The molecule has 0 bridgehead atoms. The second-order valence-electron chi connectivity index (χ2n) is 6.69. The smallest absolute Gasteiger partial charge is 0.241 e. The van der Waals surface area contributed by atoms with Crippen molar-refractivity contribution in [2.24, 2.45) is 0 Å². The van der Waals surface area contributed by atoms with Crippen molar-refractivity contribution in [2.75, 3.05) is 24.3 Å². The Bertz CT molecular complexity index is 921. The third-order valence-corrected chi connectivity index (χ3v) is 4.87. The van der Waals surface area contributed by atoms with Crippen LogP contribution >= 0.6 is 0 Å². The van der Waals surface area contributed by atoms with Gasteiger partial charge < -0.3 is 20.5 Å². The van der Waals surface area contributed by atoms with Crippen molar-refractivity contribution in [2.45, 2.75) is 32.4 Å². The largest absolute Gasteiger partial charge is 0.494 e. The summed E-state index contributed by atoms with van der Waals surface area (Å²) >= 11 is 0. The van der Waals surface area contributed by atoms with E-state index in [-0.39, 0.29) is 18.0 Å². The van der Waals surface area contributed by atoms with Crippen molar-refractivity contribution in [1.82, 2.24) is 14.8 Å². The molecule has 0 fully saturated rings. The molecule has 7 nitrogen and oxygen atoms in total. The molecule has 0 saturated carbocycles. The Kier molecular flexibility index (Phi) is 5.06. The summed E-state index contributed by atoms with van der Waals surface area (Å²) in [6, 6.07) is 16.5. The van der Waals surface area contributed by atoms with Gasteiger partial charge in [-0.25, -0.2) is 4.68 Å². The number of nitrogens with one attached hydrogen (secondary N) is 1. The first-order valence-corrected chi connectivity index (χ1v) is 9.62. The number of aromatic nitrogens is 3. The van der Waals surface area contributed by atoms with Gasteiger partial charge in [0.1, 0.15) is 11.5 Å². The highest BCUT2D eigenvalue weighted by Crippen LogP contribution is 2.38. The predicted octanol–water partition coefficient (Wildman–Crippen LogP) is 3.80. The lowest BCUT2D eigenvalue weighted by Crippen LogP contribution is -2.28. The Morgan fingerprint density at radius 3 is 2.11 bits per heavy atom. The summed E-state index contributed by atoms with van der Waals surface area (Å²) in [5.74, 6) is 2.69. The third kappa shape index (κ3) is 3.60. The minimum atomic E-state index is 0.0355. The van der Waals surface area contributed by atoms with Crippen molar-refractivity contribution >= 4 is 11.9 Å². The average molecular weight is 379 g/mol. The standard InChI is InChI=1S/C21H25N5O2/c1-3-27-16-9-5-14(6-10-16)18-13-19(26-21(23-18)24-20(22)25-26)15-7-11-17(12-8-15)28-4-2/h5-12,18-19H,3-4,13H2,1-2H3,(H3,22,23,24,25)/t18-,19+/m1/s1. The zero-order valence-corrected chi connectivity index (χ0v) is 16.1. The summed E-state index contributed by atoms with van der Waals surface area (Å²) in [6.45, 7) is 5.27. The van der Waals surface area contributed by atoms with Crippen LogP contribution in [0.15, 0.2) is 48.5 Å². The molecular formula is C21H25N5O2. The van der Waals surface area contributed by atoms with Gasteiger partial charge >= 0.3 is 0 Å². The van der Waals surface area contributed by atoms with Gasteiger partial charge in [0.2, 0.25) is 11.9 Å². The van der Waals surface area contributed by atoms with Crippen molar-refractivity contribution in [3.63, 3.8) is 0 Å². The summed E-state index contributed by atoms with van der Waals surface area (Å²) in [6.07, 6.45) is 0.831. The Morgan fingerprint density at radius 2 is 1.54 bits per heavy atom. The van der Waals surface area contributed by atoms with Crippen LogP contribution in [0.3, 0.4) is 0 Å². The van der Waals surface area contributed by atoms with Gasteiger partial charge in [-0.1, -0.05) is 24.3 Å². The first-order valence-electron chi connectivity index (χ1n) is 9.62. The van der Waals surface area contributed by atoms with Gasteiger partial charge in [-0.3, -0.25) is 0 Å². The highest BCUT2D eigenvalue weighted by atomic mass is 16.5. The van der Waals surface area contributed by atoms with E-state index in [1.165, 1.54) is 5.56 Å². The summed E-state index contributed by atoms with van der Waals surface area (Å²) < 4.78 is 13.0. The van der Waals surface area contributed by atoms with Gasteiger partial charge in [-0.2, -0.15) is 4.98 Å². The number of nitrogens with two attached hydrogens (primary N) is 1. The number of anilines is 2. The molecular weight excluding hydrogens is 354 g/mol. The van der Waals surface area contributed by atoms with E-state index in [1.807, 2.05) is 42.8 Å². The normalized spacial score (nSPS) is 18.2. The fourth-order valence-corrected chi connectivity index (χ4v) is 3.61. The SMILES string of the molecule is CCOc1ccc([C@H]2C[C@@H](c3ccc(OCC)cc3)n3nc(N)nc3N2)cc1. The van der Waals surface area contributed by atoms with E-state index >= 15 is 0 Å². The molecule has 2 heterocycles. The number of rotatable bonds is 6. The van der Waals surface area contributed by atoms with Crippen molar-refractivity contribution in [1.29, 1.82) is 0 Å². The number of nitrogen functional groups attached to an aromatic ring is 1. The molecule has 28 heavy (non-hydrogen) atoms. The molecule has 4 rings (SSSR count). The molecule has 3 N–H and O–H groups in total. The van der Waals surface area contributed by atoms with Crippen LogP contribution in [0.4, 0.5) is 11.9 Å². The topological polar surface area (TPSA) is 87.2 Å². The monoisotopic (exact) mass is 379 g/mol. The summed E-state index contributed by atoms with van der Waals surface area (Å²) in [5.41, 5.74) is 8.20. The van der Waals surface area contributed by atoms with Gasteiger partial charge in [0.25, 0.3) is 0 Å². The van der Waals surface area contributed by atoms with Gasteiger partial charge in [0, 0.05) is 0 Å². The molecule has 0 spiro atoms. The summed E-state index contributed by atoms with van der Waals surface area (Å²) in [4.78, 5) is 4.37. The number of hydrogen-bond acceptors (Lipinski definition) is 6. The molecule has 1 aliphatic heterocycles. The van der Waals surface area contributed by atoms with E-state index < -0.39 is 0 Å². The maximum atomic E-state index is 5.88. The fraction of sp³-hybridized carbons (Fsp3) is 0.333.